The van der Waals surface area contributed by atoms with E-state index in [-0.39, 0.29) is 5.78 Å². The fourth-order valence-electron chi connectivity index (χ4n) is 1.47. The van der Waals surface area contributed by atoms with Crippen molar-refractivity contribution >= 4 is 17.2 Å². The number of nitrogens with zero attached hydrogens (tertiary/aromatic N) is 3. The first-order valence-corrected chi connectivity index (χ1v) is 5.04. The maximum absolute atomic E-state index is 12.1. The molecule has 0 spiro atoms. The molecule has 0 radical (unpaired) electrons. The van der Waals surface area contributed by atoms with Crippen molar-refractivity contribution in [2.75, 3.05) is 5.73 Å². The molecule has 0 bridgehead atoms. The predicted molar refractivity (Wildman–Crippen MR) is 61.2 cm³/mol. The minimum absolute atomic E-state index is 0.0325. The third-order valence-corrected chi connectivity index (χ3v) is 2.38. The number of hydrogen-bond donors (Lipinski definition) is 1. The Morgan fingerprint density at radius 2 is 2.12 bits per heavy atom. The molecule has 0 aliphatic carbocycles. The molecule has 0 saturated carbocycles. The van der Waals surface area contributed by atoms with Gasteiger partial charge in [0.2, 0.25) is 0 Å². The van der Waals surface area contributed by atoms with Crippen molar-refractivity contribution < 1.29 is 4.79 Å². The number of ketones is 1. The summed E-state index contributed by atoms with van der Waals surface area (Å²) in [5, 5.41) is 4.02. The van der Waals surface area contributed by atoms with Gasteiger partial charge in [-0.15, -0.1) is 0 Å². The van der Waals surface area contributed by atoms with Crippen molar-refractivity contribution in [1.29, 1.82) is 0 Å². The monoisotopic (exact) mass is 218 g/mol. The lowest BCUT2D eigenvalue weighted by atomic mass is 9.87. The van der Waals surface area contributed by atoms with Gasteiger partial charge in [-0.3, -0.25) is 4.79 Å². The molecular formula is C11H14N4O. The molecule has 2 N–H and O–H groups in total. The Morgan fingerprint density at radius 3 is 2.75 bits per heavy atom. The van der Waals surface area contributed by atoms with E-state index in [9.17, 15) is 4.79 Å². The van der Waals surface area contributed by atoms with Gasteiger partial charge < -0.3 is 5.73 Å². The number of hydrogen-bond acceptors (Lipinski definition) is 4. The van der Waals surface area contributed by atoms with E-state index in [0.717, 1.165) is 0 Å². The van der Waals surface area contributed by atoms with Gasteiger partial charge >= 0.3 is 0 Å². The fraction of sp³-hybridized carbons (Fsp3) is 0.364. The second kappa shape index (κ2) is 3.30. The lowest BCUT2D eigenvalue weighted by Crippen LogP contribution is -2.22. The van der Waals surface area contributed by atoms with Gasteiger partial charge in [0.15, 0.2) is 11.4 Å². The smallest absolute Gasteiger partial charge is 0.173 e. The zero-order chi connectivity index (χ0) is 11.9. The summed E-state index contributed by atoms with van der Waals surface area (Å²) in [5.41, 5.74) is 6.49. The summed E-state index contributed by atoms with van der Waals surface area (Å²) >= 11 is 0. The highest BCUT2D eigenvalue weighted by Crippen LogP contribution is 2.24. The second-order valence-electron chi connectivity index (χ2n) is 4.74. The molecule has 0 aliphatic rings. The van der Waals surface area contributed by atoms with Gasteiger partial charge in [0, 0.05) is 17.7 Å². The molecule has 0 aliphatic heterocycles. The van der Waals surface area contributed by atoms with Crippen LogP contribution in [0.25, 0.3) is 5.65 Å². The molecular weight excluding hydrogens is 204 g/mol. The summed E-state index contributed by atoms with van der Waals surface area (Å²) in [6, 6.07) is 1.74. The summed E-state index contributed by atoms with van der Waals surface area (Å²) in [7, 11) is 0. The Bertz CT molecular complexity index is 551. The van der Waals surface area contributed by atoms with Gasteiger partial charge in [-0.25, -0.2) is 4.98 Å². The summed E-state index contributed by atoms with van der Waals surface area (Å²) in [4.78, 5) is 16.2. The van der Waals surface area contributed by atoms with Crippen LogP contribution in [0.3, 0.4) is 0 Å². The zero-order valence-electron chi connectivity index (χ0n) is 9.56. The zero-order valence-corrected chi connectivity index (χ0v) is 9.56. The molecule has 5 heteroatoms. The van der Waals surface area contributed by atoms with E-state index in [1.165, 1.54) is 10.7 Å². The van der Waals surface area contributed by atoms with Crippen LogP contribution in [0.5, 0.6) is 0 Å². The molecule has 5 nitrogen and oxygen atoms in total. The largest absolute Gasteiger partial charge is 0.383 e. The Labute approximate surface area is 93.3 Å². The summed E-state index contributed by atoms with van der Waals surface area (Å²) in [6.45, 7) is 5.55. The molecule has 16 heavy (non-hydrogen) atoms. The van der Waals surface area contributed by atoms with Crippen LogP contribution < -0.4 is 5.73 Å². The summed E-state index contributed by atoms with van der Waals surface area (Å²) in [6.07, 6.45) is 3.12. The molecule has 84 valence electrons. The molecule has 0 unspecified atom stereocenters. The highest BCUT2D eigenvalue weighted by atomic mass is 16.1. The standard InChI is InChI=1S/C11H14N4O/c1-11(2,3)9(16)7-6-13-8-4-5-14-15(8)10(7)12/h4-6H,12H2,1-3H3. The van der Waals surface area contributed by atoms with E-state index in [1.807, 2.05) is 20.8 Å². The van der Waals surface area contributed by atoms with Crippen LogP contribution in [-0.4, -0.2) is 20.4 Å². The van der Waals surface area contributed by atoms with Crippen molar-refractivity contribution in [3.05, 3.63) is 24.0 Å². The number of fused-ring (bicyclic) bond motifs is 1. The van der Waals surface area contributed by atoms with Crippen LogP contribution in [-0.2, 0) is 0 Å². The average Bonchev–Trinajstić information content (AvgIpc) is 2.64. The number of Topliss-reactive ketones (excluding diaryl/α,β-unsaturated/α-hetero) is 1. The fourth-order valence-corrected chi connectivity index (χ4v) is 1.47. The number of carbonyl (C=O) groups is 1. The van der Waals surface area contributed by atoms with E-state index in [4.69, 9.17) is 5.73 Å². The van der Waals surface area contributed by atoms with Crippen molar-refractivity contribution in [3.8, 4) is 0 Å². The van der Waals surface area contributed by atoms with Crippen molar-refractivity contribution in [1.82, 2.24) is 14.6 Å². The number of nitrogens with two attached hydrogens (primary N) is 1. The van der Waals surface area contributed by atoms with Crippen LogP contribution >= 0.6 is 0 Å². The number of anilines is 1. The Balaban J connectivity index is 2.62. The van der Waals surface area contributed by atoms with Crippen molar-refractivity contribution in [2.45, 2.75) is 20.8 Å². The Morgan fingerprint density at radius 1 is 1.44 bits per heavy atom. The lowest BCUT2D eigenvalue weighted by molar-refractivity contribution is 0.0858. The van der Waals surface area contributed by atoms with Crippen molar-refractivity contribution in [2.24, 2.45) is 5.41 Å². The quantitative estimate of drug-likeness (QED) is 0.737. The maximum Gasteiger partial charge on any atom is 0.173 e. The van der Waals surface area contributed by atoms with Crippen LogP contribution in [0.4, 0.5) is 5.82 Å². The molecule has 2 aromatic rings. The molecule has 0 aromatic carbocycles. The lowest BCUT2D eigenvalue weighted by Gasteiger charge is -2.17. The third kappa shape index (κ3) is 1.54. The topological polar surface area (TPSA) is 73.3 Å². The van der Waals surface area contributed by atoms with Crippen LogP contribution in [0.1, 0.15) is 31.1 Å². The Hall–Kier alpha value is -1.91. The molecule has 0 atom stereocenters. The first-order valence-electron chi connectivity index (χ1n) is 5.04. The van der Waals surface area contributed by atoms with Crippen LogP contribution in [0, 0.1) is 5.41 Å². The van der Waals surface area contributed by atoms with Gasteiger partial charge in [-0.1, -0.05) is 20.8 Å². The summed E-state index contributed by atoms with van der Waals surface area (Å²) in [5.74, 6) is 0.310. The highest BCUT2D eigenvalue weighted by molar-refractivity contribution is 6.03. The number of carbonyl (C=O) groups excluding carboxylic acids is 1. The third-order valence-electron chi connectivity index (χ3n) is 2.38. The molecule has 2 heterocycles. The molecule has 0 amide bonds. The van der Waals surface area contributed by atoms with E-state index in [2.05, 4.69) is 10.1 Å². The Kier molecular flexibility index (Phi) is 2.18. The van der Waals surface area contributed by atoms with E-state index in [0.29, 0.717) is 17.0 Å². The molecule has 2 aromatic heterocycles. The maximum atomic E-state index is 12.1. The number of nitrogen functional groups attached to an aromatic ring is 1. The van der Waals surface area contributed by atoms with Crippen LogP contribution in [0.15, 0.2) is 18.5 Å². The molecule has 0 saturated heterocycles. The van der Waals surface area contributed by atoms with Gasteiger partial charge in [-0.2, -0.15) is 9.61 Å². The first kappa shape index (κ1) is 10.6. The molecule has 2 rings (SSSR count). The number of aromatic nitrogens is 3. The predicted octanol–water partition coefficient (Wildman–Crippen LogP) is 1.54. The first-order chi connectivity index (χ1) is 7.41. The highest BCUT2D eigenvalue weighted by Gasteiger charge is 2.26. The SMILES string of the molecule is CC(C)(C)C(=O)c1cnc2ccnn2c1N. The molecule has 0 fully saturated rings. The van der Waals surface area contributed by atoms with Gasteiger partial charge in [0.1, 0.15) is 5.82 Å². The second-order valence-corrected chi connectivity index (χ2v) is 4.74. The van der Waals surface area contributed by atoms with Crippen LogP contribution in [0.2, 0.25) is 0 Å². The summed E-state index contributed by atoms with van der Waals surface area (Å²) < 4.78 is 1.47. The van der Waals surface area contributed by atoms with E-state index >= 15 is 0 Å². The minimum Gasteiger partial charge on any atom is -0.383 e. The number of rotatable bonds is 1. The normalized spacial score (nSPS) is 11.9. The van der Waals surface area contributed by atoms with Gasteiger partial charge in [-0.05, 0) is 0 Å². The van der Waals surface area contributed by atoms with Gasteiger partial charge in [0.25, 0.3) is 0 Å². The van der Waals surface area contributed by atoms with Gasteiger partial charge in [0.05, 0.1) is 11.8 Å². The average molecular weight is 218 g/mol. The van der Waals surface area contributed by atoms with E-state index < -0.39 is 5.41 Å². The minimum atomic E-state index is -0.476. The van der Waals surface area contributed by atoms with Crippen molar-refractivity contribution in [3.63, 3.8) is 0 Å². The van der Waals surface area contributed by atoms with E-state index in [1.54, 1.807) is 12.3 Å².